The van der Waals surface area contributed by atoms with E-state index in [2.05, 4.69) is 33.2 Å². The standard InChI is InChI=1S/C23H19BrN2O3/c1-14-10-20-21(11-15(14)2)29-23(26-20)16-4-3-5-18(12-16)25-22(27)13-28-19-8-6-17(24)7-9-19/h3-12H,13H2,1-2H3,(H,25,27). The lowest BCUT2D eigenvalue weighted by Crippen LogP contribution is -2.20. The molecule has 0 atom stereocenters. The van der Waals surface area contributed by atoms with E-state index in [-0.39, 0.29) is 12.5 Å². The van der Waals surface area contributed by atoms with Gasteiger partial charge in [-0.15, -0.1) is 0 Å². The number of nitrogens with zero attached hydrogens (tertiary/aromatic N) is 1. The lowest BCUT2D eigenvalue weighted by Gasteiger charge is -2.08. The van der Waals surface area contributed by atoms with Crippen LogP contribution in [0.5, 0.6) is 5.75 Å². The van der Waals surface area contributed by atoms with E-state index >= 15 is 0 Å². The number of hydrogen-bond acceptors (Lipinski definition) is 4. The zero-order chi connectivity index (χ0) is 20.4. The summed E-state index contributed by atoms with van der Waals surface area (Å²) >= 11 is 3.37. The molecule has 0 aliphatic carbocycles. The van der Waals surface area contributed by atoms with Crippen molar-refractivity contribution in [3.8, 4) is 17.2 Å². The van der Waals surface area contributed by atoms with Crippen LogP contribution in [-0.2, 0) is 4.79 Å². The molecule has 0 aliphatic rings. The first kappa shape index (κ1) is 19.2. The average molecular weight is 451 g/mol. The number of hydrogen-bond donors (Lipinski definition) is 1. The molecule has 1 N–H and O–H groups in total. The molecular formula is C23H19BrN2O3. The monoisotopic (exact) mass is 450 g/mol. The normalized spacial score (nSPS) is 10.9. The first-order valence-corrected chi connectivity index (χ1v) is 9.94. The third kappa shape index (κ3) is 4.49. The molecule has 0 fully saturated rings. The summed E-state index contributed by atoms with van der Waals surface area (Å²) in [5.74, 6) is 0.912. The number of halogens is 1. The Morgan fingerprint density at radius 1 is 1.07 bits per heavy atom. The maximum atomic E-state index is 12.2. The molecular weight excluding hydrogens is 432 g/mol. The number of amides is 1. The summed E-state index contributed by atoms with van der Waals surface area (Å²) in [6, 6.07) is 18.7. The number of aromatic nitrogens is 1. The number of nitrogens with one attached hydrogen (secondary N) is 1. The third-order valence-corrected chi connectivity index (χ3v) is 5.11. The molecule has 1 amide bonds. The molecule has 29 heavy (non-hydrogen) atoms. The minimum atomic E-state index is -0.242. The molecule has 146 valence electrons. The van der Waals surface area contributed by atoms with E-state index < -0.39 is 0 Å². The van der Waals surface area contributed by atoms with Gasteiger partial charge in [0.25, 0.3) is 5.91 Å². The van der Waals surface area contributed by atoms with E-state index in [9.17, 15) is 4.79 Å². The van der Waals surface area contributed by atoms with Crippen molar-refractivity contribution in [2.75, 3.05) is 11.9 Å². The van der Waals surface area contributed by atoms with Gasteiger partial charge in [0.15, 0.2) is 12.2 Å². The van der Waals surface area contributed by atoms with Crippen LogP contribution in [0, 0.1) is 13.8 Å². The lowest BCUT2D eigenvalue weighted by atomic mass is 10.1. The number of anilines is 1. The van der Waals surface area contributed by atoms with E-state index in [1.807, 2.05) is 55.5 Å². The van der Waals surface area contributed by atoms with Gasteiger partial charge in [-0.25, -0.2) is 4.98 Å². The predicted octanol–water partition coefficient (Wildman–Crippen LogP) is 5.89. The van der Waals surface area contributed by atoms with Gasteiger partial charge in [0, 0.05) is 15.7 Å². The molecule has 6 heteroatoms. The number of aryl methyl sites for hydroxylation is 2. The maximum Gasteiger partial charge on any atom is 0.262 e. The van der Waals surface area contributed by atoms with Gasteiger partial charge >= 0.3 is 0 Å². The number of carbonyl (C=O) groups is 1. The third-order valence-electron chi connectivity index (χ3n) is 4.58. The Balaban J connectivity index is 1.47. The van der Waals surface area contributed by atoms with Crippen molar-refractivity contribution in [2.45, 2.75) is 13.8 Å². The Morgan fingerprint density at radius 2 is 1.83 bits per heavy atom. The van der Waals surface area contributed by atoms with Crippen LogP contribution in [0.4, 0.5) is 5.69 Å². The summed E-state index contributed by atoms with van der Waals surface area (Å²) in [5, 5.41) is 2.84. The fourth-order valence-corrected chi connectivity index (χ4v) is 3.17. The average Bonchev–Trinajstić information content (AvgIpc) is 3.11. The molecule has 0 bridgehead atoms. The molecule has 4 rings (SSSR count). The summed E-state index contributed by atoms with van der Waals surface area (Å²) in [6.45, 7) is 4.02. The first-order valence-electron chi connectivity index (χ1n) is 9.14. The van der Waals surface area contributed by atoms with Crippen LogP contribution in [0.1, 0.15) is 11.1 Å². The van der Waals surface area contributed by atoms with Crippen LogP contribution in [-0.4, -0.2) is 17.5 Å². The highest BCUT2D eigenvalue weighted by Gasteiger charge is 2.11. The van der Waals surface area contributed by atoms with Crippen LogP contribution >= 0.6 is 15.9 Å². The van der Waals surface area contributed by atoms with E-state index in [4.69, 9.17) is 9.15 Å². The zero-order valence-corrected chi connectivity index (χ0v) is 17.6. The second kappa shape index (κ2) is 8.09. The number of benzene rings is 3. The summed E-state index contributed by atoms with van der Waals surface area (Å²) in [4.78, 5) is 16.8. The van der Waals surface area contributed by atoms with Gasteiger partial charge in [-0.2, -0.15) is 0 Å². The molecule has 1 aromatic heterocycles. The molecule has 0 saturated heterocycles. The largest absolute Gasteiger partial charge is 0.484 e. The molecule has 5 nitrogen and oxygen atoms in total. The van der Waals surface area contributed by atoms with Crippen molar-refractivity contribution in [2.24, 2.45) is 0 Å². The van der Waals surface area contributed by atoms with E-state index in [1.54, 1.807) is 12.1 Å². The first-order chi connectivity index (χ1) is 14.0. The van der Waals surface area contributed by atoms with Gasteiger partial charge in [0.1, 0.15) is 11.3 Å². The molecule has 0 spiro atoms. The van der Waals surface area contributed by atoms with Crippen molar-refractivity contribution >= 4 is 38.6 Å². The Bertz CT molecular complexity index is 1140. The summed E-state index contributed by atoms with van der Waals surface area (Å²) in [7, 11) is 0. The summed E-state index contributed by atoms with van der Waals surface area (Å²) in [5.41, 5.74) is 5.35. The predicted molar refractivity (Wildman–Crippen MR) is 117 cm³/mol. The number of fused-ring (bicyclic) bond motifs is 1. The Morgan fingerprint density at radius 3 is 2.62 bits per heavy atom. The van der Waals surface area contributed by atoms with E-state index in [0.29, 0.717) is 17.3 Å². The van der Waals surface area contributed by atoms with E-state index in [0.717, 1.165) is 26.7 Å². The van der Waals surface area contributed by atoms with Crippen LogP contribution in [0.2, 0.25) is 0 Å². The Labute approximate surface area is 176 Å². The fourth-order valence-electron chi connectivity index (χ4n) is 2.91. The number of ether oxygens (including phenoxy) is 1. The van der Waals surface area contributed by atoms with E-state index in [1.165, 1.54) is 5.56 Å². The van der Waals surface area contributed by atoms with Crippen LogP contribution in [0.25, 0.3) is 22.6 Å². The highest BCUT2D eigenvalue weighted by molar-refractivity contribution is 9.10. The summed E-state index contributed by atoms with van der Waals surface area (Å²) < 4.78 is 12.4. The van der Waals surface area contributed by atoms with Crippen molar-refractivity contribution in [1.82, 2.24) is 4.98 Å². The number of carbonyl (C=O) groups excluding carboxylic acids is 1. The van der Waals surface area contributed by atoms with Gasteiger partial charge in [0.05, 0.1) is 0 Å². The number of oxazole rings is 1. The molecule has 0 aliphatic heterocycles. The molecule has 4 aromatic rings. The fraction of sp³-hybridized carbons (Fsp3) is 0.130. The van der Waals surface area contributed by atoms with Crippen molar-refractivity contribution in [1.29, 1.82) is 0 Å². The Kier molecular flexibility index (Phi) is 5.36. The molecule has 0 saturated carbocycles. The lowest BCUT2D eigenvalue weighted by molar-refractivity contribution is -0.118. The van der Waals surface area contributed by atoms with Gasteiger partial charge in [-0.3, -0.25) is 4.79 Å². The molecule has 0 radical (unpaired) electrons. The molecule has 1 heterocycles. The van der Waals surface area contributed by atoms with Crippen molar-refractivity contribution in [3.05, 3.63) is 76.3 Å². The quantitative estimate of drug-likeness (QED) is 0.411. The van der Waals surface area contributed by atoms with Crippen LogP contribution in [0.15, 0.2) is 69.6 Å². The van der Waals surface area contributed by atoms with Gasteiger partial charge < -0.3 is 14.5 Å². The summed E-state index contributed by atoms with van der Waals surface area (Å²) in [6.07, 6.45) is 0. The van der Waals surface area contributed by atoms with Crippen molar-refractivity contribution in [3.63, 3.8) is 0 Å². The maximum absolute atomic E-state index is 12.2. The highest BCUT2D eigenvalue weighted by atomic mass is 79.9. The van der Waals surface area contributed by atoms with Gasteiger partial charge in [-0.1, -0.05) is 22.0 Å². The Hall–Kier alpha value is -3.12. The molecule has 3 aromatic carbocycles. The zero-order valence-electron chi connectivity index (χ0n) is 16.0. The topological polar surface area (TPSA) is 64.4 Å². The smallest absolute Gasteiger partial charge is 0.262 e. The van der Waals surface area contributed by atoms with Crippen LogP contribution in [0.3, 0.4) is 0 Å². The van der Waals surface area contributed by atoms with Crippen LogP contribution < -0.4 is 10.1 Å². The SMILES string of the molecule is Cc1cc2nc(-c3cccc(NC(=O)COc4ccc(Br)cc4)c3)oc2cc1C. The van der Waals surface area contributed by atoms with Gasteiger partial charge in [0.2, 0.25) is 5.89 Å². The minimum absolute atomic E-state index is 0.0761. The second-order valence-corrected chi connectivity index (χ2v) is 7.71. The number of rotatable bonds is 5. The highest BCUT2D eigenvalue weighted by Crippen LogP contribution is 2.28. The minimum Gasteiger partial charge on any atom is -0.484 e. The second-order valence-electron chi connectivity index (χ2n) is 6.79. The van der Waals surface area contributed by atoms with Crippen molar-refractivity contribution < 1.29 is 13.9 Å². The van der Waals surface area contributed by atoms with Gasteiger partial charge in [-0.05, 0) is 79.6 Å². The molecule has 0 unspecified atom stereocenters.